The zero-order valence-corrected chi connectivity index (χ0v) is 14.8. The lowest BCUT2D eigenvalue weighted by molar-refractivity contribution is -0.131. The van der Waals surface area contributed by atoms with Crippen molar-refractivity contribution < 1.29 is 9.59 Å². The van der Waals surface area contributed by atoms with Gasteiger partial charge in [0.1, 0.15) is 0 Å². The number of carbonyl (C=O) groups is 2. The van der Waals surface area contributed by atoms with Crippen molar-refractivity contribution in [2.24, 2.45) is 0 Å². The minimum absolute atomic E-state index is 0.0176. The van der Waals surface area contributed by atoms with E-state index in [1.165, 1.54) is 11.3 Å². The summed E-state index contributed by atoms with van der Waals surface area (Å²) in [6.45, 7) is 1.36. The van der Waals surface area contributed by atoms with Gasteiger partial charge in [0.15, 0.2) is 0 Å². The molecule has 2 amide bonds. The number of piperidine rings is 1. The van der Waals surface area contributed by atoms with Crippen LogP contribution in [0.1, 0.15) is 28.1 Å². The number of hydrogen-bond acceptors (Lipinski definition) is 3. The van der Waals surface area contributed by atoms with E-state index in [0.29, 0.717) is 24.5 Å². The zero-order chi connectivity index (χ0) is 16.9. The smallest absolute Gasteiger partial charge is 0.261 e. The van der Waals surface area contributed by atoms with Gasteiger partial charge in [0.05, 0.1) is 11.3 Å². The molecule has 3 rings (SSSR count). The largest absolute Gasteiger partial charge is 0.348 e. The van der Waals surface area contributed by atoms with E-state index in [-0.39, 0.29) is 17.9 Å². The van der Waals surface area contributed by atoms with Gasteiger partial charge in [-0.05, 0) is 42.0 Å². The van der Waals surface area contributed by atoms with E-state index in [4.69, 9.17) is 11.6 Å². The van der Waals surface area contributed by atoms with Crippen LogP contribution < -0.4 is 5.32 Å². The summed E-state index contributed by atoms with van der Waals surface area (Å²) >= 11 is 7.30. The highest BCUT2D eigenvalue weighted by atomic mass is 35.5. The molecule has 0 spiro atoms. The van der Waals surface area contributed by atoms with Gasteiger partial charge in [0, 0.05) is 24.2 Å². The van der Waals surface area contributed by atoms with Crippen LogP contribution in [0.4, 0.5) is 0 Å². The fourth-order valence-corrected chi connectivity index (χ4v) is 3.58. The molecule has 1 N–H and O–H groups in total. The standard InChI is InChI=1S/C18H19ClN2O2S/c19-14-5-3-13(4-6-14)12-17(22)21-9-7-15(8-10-21)20-18(23)16-2-1-11-24-16/h1-6,11,15H,7-10,12H2,(H,20,23). The normalized spacial score (nSPS) is 15.3. The van der Waals surface area contributed by atoms with E-state index < -0.39 is 0 Å². The van der Waals surface area contributed by atoms with Crippen LogP contribution >= 0.6 is 22.9 Å². The summed E-state index contributed by atoms with van der Waals surface area (Å²) in [5, 5.41) is 5.63. The first-order valence-corrected chi connectivity index (χ1v) is 9.24. The first-order valence-electron chi connectivity index (χ1n) is 7.98. The van der Waals surface area contributed by atoms with Crippen LogP contribution in [0.15, 0.2) is 41.8 Å². The Balaban J connectivity index is 1.47. The van der Waals surface area contributed by atoms with Crippen LogP contribution in [-0.4, -0.2) is 35.8 Å². The van der Waals surface area contributed by atoms with E-state index >= 15 is 0 Å². The molecule has 126 valence electrons. The third-order valence-electron chi connectivity index (χ3n) is 4.20. The quantitative estimate of drug-likeness (QED) is 0.906. The number of benzene rings is 1. The summed E-state index contributed by atoms with van der Waals surface area (Å²) in [6, 6.07) is 11.2. The van der Waals surface area contributed by atoms with Crippen molar-refractivity contribution in [1.82, 2.24) is 10.2 Å². The minimum atomic E-state index is -0.0176. The molecule has 1 aliphatic heterocycles. The molecule has 1 aromatic carbocycles. The predicted molar refractivity (Wildman–Crippen MR) is 96.5 cm³/mol. The first kappa shape index (κ1) is 17.0. The molecule has 1 aliphatic rings. The lowest BCUT2D eigenvalue weighted by atomic mass is 10.0. The van der Waals surface area contributed by atoms with Crippen molar-refractivity contribution in [3.8, 4) is 0 Å². The van der Waals surface area contributed by atoms with Gasteiger partial charge < -0.3 is 10.2 Å². The third-order valence-corrected chi connectivity index (χ3v) is 5.32. The molecule has 1 aromatic heterocycles. The van der Waals surface area contributed by atoms with Gasteiger partial charge in [-0.3, -0.25) is 9.59 Å². The molecule has 0 bridgehead atoms. The topological polar surface area (TPSA) is 49.4 Å². The van der Waals surface area contributed by atoms with Gasteiger partial charge in [0.2, 0.25) is 5.91 Å². The summed E-state index contributed by atoms with van der Waals surface area (Å²) in [5.74, 6) is 0.108. The van der Waals surface area contributed by atoms with Crippen LogP contribution in [0.5, 0.6) is 0 Å². The predicted octanol–water partition coefficient (Wildman–Crippen LogP) is 3.37. The molecule has 0 atom stereocenters. The lowest BCUT2D eigenvalue weighted by Crippen LogP contribution is -2.46. The van der Waals surface area contributed by atoms with Gasteiger partial charge in [-0.15, -0.1) is 11.3 Å². The number of thiophene rings is 1. The lowest BCUT2D eigenvalue weighted by Gasteiger charge is -2.32. The second-order valence-electron chi connectivity index (χ2n) is 5.91. The molecular formula is C18H19ClN2O2S. The Morgan fingerprint density at radius 2 is 1.88 bits per heavy atom. The Kier molecular flexibility index (Phi) is 5.53. The average molecular weight is 363 g/mol. The van der Waals surface area contributed by atoms with Crippen LogP contribution in [0.3, 0.4) is 0 Å². The Morgan fingerprint density at radius 3 is 2.50 bits per heavy atom. The first-order chi connectivity index (χ1) is 11.6. The van der Waals surface area contributed by atoms with E-state index in [2.05, 4.69) is 5.32 Å². The molecular weight excluding hydrogens is 344 g/mol. The van der Waals surface area contributed by atoms with Crippen molar-refractivity contribution in [2.75, 3.05) is 13.1 Å². The van der Waals surface area contributed by atoms with Crippen LogP contribution in [0.2, 0.25) is 5.02 Å². The van der Waals surface area contributed by atoms with Crippen molar-refractivity contribution in [1.29, 1.82) is 0 Å². The Morgan fingerprint density at radius 1 is 1.17 bits per heavy atom. The van der Waals surface area contributed by atoms with Crippen molar-refractivity contribution in [3.05, 3.63) is 57.2 Å². The molecule has 24 heavy (non-hydrogen) atoms. The van der Waals surface area contributed by atoms with Gasteiger partial charge in [-0.2, -0.15) is 0 Å². The number of nitrogens with zero attached hydrogens (tertiary/aromatic N) is 1. The third kappa shape index (κ3) is 4.36. The van der Waals surface area contributed by atoms with Crippen LogP contribution in [0, 0.1) is 0 Å². The Bertz CT molecular complexity index is 692. The number of rotatable bonds is 4. The van der Waals surface area contributed by atoms with E-state index in [1.54, 1.807) is 12.1 Å². The van der Waals surface area contributed by atoms with Gasteiger partial charge >= 0.3 is 0 Å². The van der Waals surface area contributed by atoms with Gasteiger partial charge in [0.25, 0.3) is 5.91 Å². The molecule has 0 saturated carbocycles. The molecule has 2 heterocycles. The number of carbonyl (C=O) groups excluding carboxylic acids is 2. The molecule has 2 aromatic rings. The van der Waals surface area contributed by atoms with Crippen molar-refractivity contribution >= 4 is 34.8 Å². The fraction of sp³-hybridized carbons (Fsp3) is 0.333. The molecule has 0 unspecified atom stereocenters. The minimum Gasteiger partial charge on any atom is -0.348 e. The Hall–Kier alpha value is -1.85. The average Bonchev–Trinajstić information content (AvgIpc) is 3.12. The van der Waals surface area contributed by atoms with E-state index in [9.17, 15) is 9.59 Å². The highest BCUT2D eigenvalue weighted by Gasteiger charge is 2.24. The summed E-state index contributed by atoms with van der Waals surface area (Å²) in [5.41, 5.74) is 0.970. The molecule has 0 radical (unpaired) electrons. The summed E-state index contributed by atoms with van der Waals surface area (Å²) in [7, 11) is 0. The second kappa shape index (κ2) is 7.81. The number of halogens is 1. The van der Waals surface area contributed by atoms with E-state index in [1.807, 2.05) is 34.5 Å². The summed E-state index contributed by atoms with van der Waals surface area (Å²) in [6.07, 6.45) is 1.98. The highest BCUT2D eigenvalue weighted by Crippen LogP contribution is 2.16. The van der Waals surface area contributed by atoms with Crippen LogP contribution in [-0.2, 0) is 11.2 Å². The van der Waals surface area contributed by atoms with Gasteiger partial charge in [-0.1, -0.05) is 29.8 Å². The van der Waals surface area contributed by atoms with Gasteiger partial charge in [-0.25, -0.2) is 0 Å². The number of amides is 2. The molecule has 1 fully saturated rings. The number of likely N-dealkylation sites (tertiary alicyclic amines) is 1. The molecule has 1 saturated heterocycles. The number of hydrogen-bond donors (Lipinski definition) is 1. The van der Waals surface area contributed by atoms with E-state index in [0.717, 1.165) is 23.3 Å². The monoisotopic (exact) mass is 362 g/mol. The maximum atomic E-state index is 12.4. The molecule has 4 nitrogen and oxygen atoms in total. The summed E-state index contributed by atoms with van der Waals surface area (Å²) in [4.78, 5) is 27.1. The highest BCUT2D eigenvalue weighted by molar-refractivity contribution is 7.12. The maximum Gasteiger partial charge on any atom is 0.261 e. The van der Waals surface area contributed by atoms with Crippen molar-refractivity contribution in [3.63, 3.8) is 0 Å². The SMILES string of the molecule is O=C(NC1CCN(C(=O)Cc2ccc(Cl)cc2)CC1)c1cccs1. The Labute approximate surface area is 150 Å². The number of nitrogens with one attached hydrogen (secondary N) is 1. The second-order valence-corrected chi connectivity index (χ2v) is 7.29. The fourth-order valence-electron chi connectivity index (χ4n) is 2.83. The summed E-state index contributed by atoms with van der Waals surface area (Å²) < 4.78 is 0. The maximum absolute atomic E-state index is 12.4. The zero-order valence-electron chi connectivity index (χ0n) is 13.2. The van der Waals surface area contributed by atoms with Crippen molar-refractivity contribution in [2.45, 2.75) is 25.3 Å². The van der Waals surface area contributed by atoms with Crippen LogP contribution in [0.25, 0.3) is 0 Å². The molecule has 0 aliphatic carbocycles. The molecule has 6 heteroatoms.